The number of nitro groups is 1. The number of likely N-dealkylation sites (N-methyl/N-ethyl adjacent to an activating group) is 2. The summed E-state index contributed by atoms with van der Waals surface area (Å²) in [6.07, 6.45) is 0. The van der Waals surface area contributed by atoms with E-state index < -0.39 is 0 Å². The summed E-state index contributed by atoms with van der Waals surface area (Å²) in [6, 6.07) is 5.66. The molecule has 1 aromatic carbocycles. The second-order valence-corrected chi connectivity index (χ2v) is 5.95. The monoisotopic (exact) mass is 377 g/mol. The number of nitro benzene ring substituents is 1. The van der Waals surface area contributed by atoms with Gasteiger partial charge in [0, 0.05) is 30.9 Å². The van der Waals surface area contributed by atoms with E-state index in [2.05, 4.69) is 23.6 Å². The van der Waals surface area contributed by atoms with Crippen molar-refractivity contribution in [2.75, 3.05) is 32.1 Å². The summed E-state index contributed by atoms with van der Waals surface area (Å²) < 4.78 is 0.676. The molecule has 0 aliphatic heterocycles. The van der Waals surface area contributed by atoms with Gasteiger partial charge in [0.15, 0.2) is 0 Å². The highest BCUT2D eigenvalue weighted by molar-refractivity contribution is 14.1. The molecule has 1 rings (SSSR count). The zero-order valence-electron chi connectivity index (χ0n) is 11.8. The molecule has 0 aliphatic carbocycles. The first-order valence-corrected chi connectivity index (χ1v) is 7.30. The number of nitrogens with zero attached hydrogens (tertiary/aromatic N) is 3. The number of halogens is 1. The van der Waals surface area contributed by atoms with Crippen molar-refractivity contribution in [3.8, 4) is 0 Å². The van der Waals surface area contributed by atoms with E-state index in [1.54, 1.807) is 6.07 Å². The molecule has 0 bridgehead atoms. The van der Waals surface area contributed by atoms with E-state index in [1.165, 1.54) is 0 Å². The Hall–Kier alpha value is -0.890. The van der Waals surface area contributed by atoms with Crippen molar-refractivity contribution in [2.24, 2.45) is 0 Å². The molecular weight excluding hydrogens is 357 g/mol. The smallest absolute Gasteiger partial charge is 0.282 e. The maximum atomic E-state index is 10.8. The minimum absolute atomic E-state index is 0.167. The van der Waals surface area contributed by atoms with Crippen LogP contribution in [0.4, 0.5) is 11.4 Å². The topological polar surface area (TPSA) is 49.6 Å². The predicted molar refractivity (Wildman–Crippen MR) is 86.8 cm³/mol. The molecule has 0 heterocycles. The maximum Gasteiger partial charge on any atom is 0.282 e. The van der Waals surface area contributed by atoms with E-state index in [0.717, 1.165) is 18.8 Å². The molecule has 0 amide bonds. The van der Waals surface area contributed by atoms with Crippen LogP contribution in [-0.4, -0.2) is 43.0 Å². The molecule has 106 valence electrons. The molecule has 1 atom stereocenters. The van der Waals surface area contributed by atoms with Crippen LogP contribution in [0.1, 0.15) is 13.8 Å². The molecule has 0 aliphatic rings. The Morgan fingerprint density at radius 2 is 2.05 bits per heavy atom. The second-order valence-electron chi connectivity index (χ2n) is 4.79. The minimum atomic E-state index is -0.342. The molecule has 0 N–H and O–H groups in total. The van der Waals surface area contributed by atoms with E-state index >= 15 is 0 Å². The Balaban J connectivity index is 2.99. The first kappa shape index (κ1) is 16.2. The van der Waals surface area contributed by atoms with Crippen LogP contribution < -0.4 is 4.90 Å². The third-order valence-corrected chi connectivity index (χ3v) is 3.83. The Bertz CT molecular complexity index is 452. The Labute approximate surface area is 127 Å². The van der Waals surface area contributed by atoms with Crippen LogP contribution in [0.15, 0.2) is 18.2 Å². The highest BCUT2D eigenvalue weighted by Crippen LogP contribution is 2.27. The quantitative estimate of drug-likeness (QED) is 0.435. The number of benzene rings is 1. The molecule has 1 aromatic rings. The lowest BCUT2D eigenvalue weighted by atomic mass is 10.2. The molecular formula is C13H20IN3O2. The van der Waals surface area contributed by atoms with Crippen LogP contribution in [0.25, 0.3) is 0 Å². The van der Waals surface area contributed by atoms with Crippen LogP contribution in [0.3, 0.4) is 0 Å². The van der Waals surface area contributed by atoms with E-state index in [1.807, 2.05) is 48.8 Å². The van der Waals surface area contributed by atoms with E-state index in [9.17, 15) is 10.1 Å². The van der Waals surface area contributed by atoms with Crippen molar-refractivity contribution >= 4 is 34.0 Å². The van der Waals surface area contributed by atoms with Crippen LogP contribution >= 0.6 is 22.6 Å². The molecule has 6 heteroatoms. The summed E-state index contributed by atoms with van der Waals surface area (Å²) in [4.78, 5) is 14.9. The molecule has 0 radical (unpaired) electrons. The van der Waals surface area contributed by atoms with Crippen molar-refractivity contribution in [2.45, 2.75) is 19.9 Å². The summed E-state index contributed by atoms with van der Waals surface area (Å²) in [7, 11) is 4.09. The average molecular weight is 377 g/mol. The lowest BCUT2D eigenvalue weighted by molar-refractivity contribution is -0.385. The van der Waals surface area contributed by atoms with Gasteiger partial charge in [-0.25, -0.2) is 0 Å². The SMILES string of the molecule is CCN(c1ccc([N+](=O)[O-])c(I)c1)C(C)CN(C)C. The predicted octanol–water partition coefficient (Wildman–Crippen LogP) is 2.98. The van der Waals surface area contributed by atoms with Crippen LogP contribution in [0.2, 0.25) is 0 Å². The lowest BCUT2D eigenvalue weighted by Gasteiger charge is -2.32. The molecule has 0 saturated carbocycles. The molecule has 0 fully saturated rings. The lowest BCUT2D eigenvalue weighted by Crippen LogP contribution is -2.40. The first-order valence-electron chi connectivity index (χ1n) is 6.22. The van der Waals surface area contributed by atoms with Crippen molar-refractivity contribution in [1.82, 2.24) is 4.90 Å². The van der Waals surface area contributed by atoms with Crippen LogP contribution in [0, 0.1) is 13.7 Å². The van der Waals surface area contributed by atoms with Gasteiger partial charge in [0.1, 0.15) is 0 Å². The van der Waals surface area contributed by atoms with Gasteiger partial charge in [0.2, 0.25) is 0 Å². The molecule has 0 aromatic heterocycles. The normalized spacial score (nSPS) is 12.5. The van der Waals surface area contributed by atoms with Crippen molar-refractivity contribution in [3.05, 3.63) is 31.9 Å². The van der Waals surface area contributed by atoms with Gasteiger partial charge in [-0.2, -0.15) is 0 Å². The number of anilines is 1. The fourth-order valence-corrected chi connectivity index (χ4v) is 2.89. The Kier molecular flexibility index (Phi) is 5.99. The van der Waals surface area contributed by atoms with Gasteiger partial charge in [0.05, 0.1) is 8.49 Å². The van der Waals surface area contributed by atoms with E-state index in [-0.39, 0.29) is 10.6 Å². The number of rotatable bonds is 6. The van der Waals surface area contributed by atoms with Gasteiger partial charge in [-0.05, 0) is 62.7 Å². The Morgan fingerprint density at radius 1 is 1.42 bits per heavy atom. The summed E-state index contributed by atoms with van der Waals surface area (Å²) in [5.74, 6) is 0. The maximum absolute atomic E-state index is 10.8. The van der Waals surface area contributed by atoms with E-state index in [4.69, 9.17) is 0 Å². The van der Waals surface area contributed by atoms with Crippen molar-refractivity contribution in [3.63, 3.8) is 0 Å². The van der Waals surface area contributed by atoms with Crippen LogP contribution in [-0.2, 0) is 0 Å². The fraction of sp³-hybridized carbons (Fsp3) is 0.538. The average Bonchev–Trinajstić information content (AvgIpc) is 2.28. The second kappa shape index (κ2) is 7.04. The first-order chi connectivity index (χ1) is 8.86. The molecule has 0 spiro atoms. The van der Waals surface area contributed by atoms with Gasteiger partial charge in [-0.1, -0.05) is 0 Å². The molecule has 1 unspecified atom stereocenters. The summed E-state index contributed by atoms with van der Waals surface area (Å²) in [5.41, 5.74) is 1.20. The van der Waals surface area contributed by atoms with Crippen LogP contribution in [0.5, 0.6) is 0 Å². The fourth-order valence-electron chi connectivity index (χ4n) is 2.20. The summed E-state index contributed by atoms with van der Waals surface area (Å²) in [5, 5.41) is 10.8. The highest BCUT2D eigenvalue weighted by atomic mass is 127. The van der Waals surface area contributed by atoms with Crippen molar-refractivity contribution < 1.29 is 4.92 Å². The minimum Gasteiger partial charge on any atom is -0.368 e. The summed E-state index contributed by atoms with van der Waals surface area (Å²) in [6.45, 7) is 6.09. The van der Waals surface area contributed by atoms with Crippen molar-refractivity contribution in [1.29, 1.82) is 0 Å². The highest BCUT2D eigenvalue weighted by Gasteiger charge is 2.17. The zero-order chi connectivity index (χ0) is 14.6. The zero-order valence-corrected chi connectivity index (χ0v) is 13.9. The third-order valence-electron chi connectivity index (χ3n) is 2.96. The molecule has 0 saturated heterocycles. The van der Waals surface area contributed by atoms with Gasteiger partial charge in [-0.3, -0.25) is 10.1 Å². The van der Waals surface area contributed by atoms with Gasteiger partial charge in [0.25, 0.3) is 5.69 Å². The number of hydrogen-bond donors (Lipinski definition) is 0. The van der Waals surface area contributed by atoms with Gasteiger partial charge < -0.3 is 9.80 Å². The largest absolute Gasteiger partial charge is 0.368 e. The van der Waals surface area contributed by atoms with E-state index in [0.29, 0.717) is 9.61 Å². The Morgan fingerprint density at radius 3 is 2.47 bits per heavy atom. The summed E-state index contributed by atoms with van der Waals surface area (Å²) >= 11 is 2.02. The molecule has 5 nitrogen and oxygen atoms in total. The standard InChI is InChI=1S/C13H20IN3O2/c1-5-16(10(2)9-15(3)4)11-6-7-13(17(18)19)12(14)8-11/h6-8,10H,5,9H2,1-4H3. The third kappa shape index (κ3) is 4.31. The van der Waals surface area contributed by atoms with Gasteiger partial charge >= 0.3 is 0 Å². The molecule has 19 heavy (non-hydrogen) atoms. The van der Waals surface area contributed by atoms with Gasteiger partial charge in [-0.15, -0.1) is 0 Å². The number of hydrogen-bond acceptors (Lipinski definition) is 4.